The van der Waals surface area contributed by atoms with E-state index in [1.807, 2.05) is 13.0 Å². The Bertz CT molecular complexity index is 667. The Hall–Kier alpha value is -3.22. The molecule has 0 radical (unpaired) electrons. The van der Waals surface area contributed by atoms with E-state index in [1.54, 1.807) is 24.4 Å². The molecule has 0 aliphatic carbocycles. The normalized spacial score (nSPS) is 10.3. The van der Waals surface area contributed by atoms with Crippen LogP contribution in [0.2, 0.25) is 0 Å². The SMILES string of the molecule is Cc1cc[nH+]c(N)n1.O=C(O)C(=O)/C=C(\[O-])c1ccccc1. The van der Waals surface area contributed by atoms with Crippen LogP contribution in [0, 0.1) is 6.92 Å². The fourth-order valence-corrected chi connectivity index (χ4v) is 1.37. The number of rotatable bonds is 3. The molecule has 7 nitrogen and oxygen atoms in total. The van der Waals surface area contributed by atoms with Crippen LogP contribution in [0.4, 0.5) is 5.95 Å². The molecule has 0 saturated heterocycles. The average molecular weight is 301 g/mol. The van der Waals surface area contributed by atoms with E-state index in [4.69, 9.17) is 10.8 Å². The molecule has 0 spiro atoms. The van der Waals surface area contributed by atoms with Crippen molar-refractivity contribution in [2.45, 2.75) is 6.92 Å². The number of carbonyl (C=O) groups excluding carboxylic acids is 1. The number of aryl methyl sites for hydroxylation is 1. The van der Waals surface area contributed by atoms with Crippen molar-refractivity contribution in [1.29, 1.82) is 0 Å². The quantitative estimate of drug-likeness (QED) is 0.459. The molecule has 22 heavy (non-hydrogen) atoms. The summed E-state index contributed by atoms with van der Waals surface area (Å²) in [4.78, 5) is 27.4. The minimum Gasteiger partial charge on any atom is -0.872 e. The molecule has 2 rings (SSSR count). The molecule has 0 unspecified atom stereocenters. The maximum Gasteiger partial charge on any atom is 0.387 e. The van der Waals surface area contributed by atoms with E-state index in [2.05, 4.69) is 9.97 Å². The standard InChI is InChI=1S/C10H8O4.C5H7N3/c11-8(6-9(12)10(13)14)7-4-2-1-3-5-7;1-4-2-3-7-5(6)8-4/h1-6,11H,(H,13,14);2-3H,1H3,(H2,6,7,8)/b8-6-;. The zero-order valence-corrected chi connectivity index (χ0v) is 11.8. The first-order valence-corrected chi connectivity index (χ1v) is 6.22. The van der Waals surface area contributed by atoms with Crippen LogP contribution < -0.4 is 15.8 Å². The number of anilines is 1. The van der Waals surface area contributed by atoms with E-state index < -0.39 is 17.5 Å². The molecule has 0 fully saturated rings. The van der Waals surface area contributed by atoms with Gasteiger partial charge < -0.3 is 10.2 Å². The number of nitrogens with two attached hydrogens (primary N) is 1. The predicted molar refractivity (Wildman–Crippen MR) is 77.0 cm³/mol. The number of H-pyrrole nitrogens is 1. The summed E-state index contributed by atoms with van der Waals surface area (Å²) in [6.07, 6.45) is 2.33. The fraction of sp³-hybridized carbons (Fsp3) is 0.0667. The van der Waals surface area contributed by atoms with Gasteiger partial charge in [-0.2, -0.15) is 0 Å². The minimum atomic E-state index is -1.63. The molecule has 114 valence electrons. The van der Waals surface area contributed by atoms with Gasteiger partial charge in [0.2, 0.25) is 0 Å². The molecule has 1 heterocycles. The molecule has 0 aliphatic rings. The maximum absolute atomic E-state index is 11.2. The number of carbonyl (C=O) groups is 2. The molecule has 0 amide bonds. The van der Waals surface area contributed by atoms with E-state index >= 15 is 0 Å². The number of ketones is 1. The summed E-state index contributed by atoms with van der Waals surface area (Å²) in [5, 5.41) is 19.5. The second kappa shape index (κ2) is 8.15. The Kier molecular flexibility index (Phi) is 6.24. The van der Waals surface area contributed by atoms with Crippen LogP contribution in [0.5, 0.6) is 0 Å². The molecule has 4 N–H and O–H groups in total. The lowest BCUT2D eigenvalue weighted by molar-refractivity contribution is -0.364. The Morgan fingerprint density at radius 2 is 1.91 bits per heavy atom. The summed E-state index contributed by atoms with van der Waals surface area (Å²) in [7, 11) is 0. The van der Waals surface area contributed by atoms with Crippen LogP contribution in [0.1, 0.15) is 11.3 Å². The van der Waals surface area contributed by atoms with Gasteiger partial charge in [-0.1, -0.05) is 41.1 Å². The molecule has 0 aliphatic heterocycles. The van der Waals surface area contributed by atoms with Crippen LogP contribution in [0.15, 0.2) is 48.7 Å². The summed E-state index contributed by atoms with van der Waals surface area (Å²) in [6.45, 7) is 1.89. The Morgan fingerprint density at radius 1 is 1.27 bits per heavy atom. The third kappa shape index (κ3) is 5.83. The topological polar surface area (TPSA) is 130 Å². The highest BCUT2D eigenvalue weighted by atomic mass is 16.4. The Morgan fingerprint density at radius 3 is 2.36 bits per heavy atom. The van der Waals surface area contributed by atoms with Crippen LogP contribution in [-0.2, 0) is 9.59 Å². The molecule has 0 bridgehead atoms. The monoisotopic (exact) mass is 301 g/mol. The van der Waals surface area contributed by atoms with Gasteiger partial charge in [0.1, 0.15) is 5.69 Å². The van der Waals surface area contributed by atoms with Crippen molar-refractivity contribution in [3.63, 3.8) is 0 Å². The number of aliphatic carboxylic acids is 1. The molecular weight excluding hydrogens is 286 g/mol. The number of aromatic amines is 1. The number of carboxylic acid groups (broad SMARTS) is 1. The van der Waals surface area contributed by atoms with Gasteiger partial charge in [0.05, 0.1) is 6.20 Å². The summed E-state index contributed by atoms with van der Waals surface area (Å²) in [5.41, 5.74) is 6.52. The van der Waals surface area contributed by atoms with Gasteiger partial charge in [0, 0.05) is 6.07 Å². The van der Waals surface area contributed by atoms with Crippen molar-refractivity contribution in [2.24, 2.45) is 0 Å². The first kappa shape index (κ1) is 16.8. The highest BCUT2D eigenvalue weighted by Gasteiger charge is 2.06. The predicted octanol–water partition coefficient (Wildman–Crippen LogP) is -0.172. The largest absolute Gasteiger partial charge is 0.872 e. The summed E-state index contributed by atoms with van der Waals surface area (Å²) in [5.74, 6) is -2.98. The molecule has 7 heteroatoms. The molecule has 0 saturated carbocycles. The van der Waals surface area contributed by atoms with Crippen molar-refractivity contribution >= 4 is 23.5 Å². The van der Waals surface area contributed by atoms with Gasteiger partial charge in [0.15, 0.2) is 0 Å². The zero-order valence-electron chi connectivity index (χ0n) is 11.8. The van der Waals surface area contributed by atoms with Crippen LogP contribution >= 0.6 is 0 Å². The zero-order chi connectivity index (χ0) is 16.5. The summed E-state index contributed by atoms with van der Waals surface area (Å²) in [6, 6.07) is 9.85. The fourth-order valence-electron chi connectivity index (χ4n) is 1.37. The number of nitrogens with zero attached hydrogens (tertiary/aromatic N) is 1. The van der Waals surface area contributed by atoms with Crippen LogP contribution in [0.25, 0.3) is 5.76 Å². The van der Waals surface area contributed by atoms with Gasteiger partial charge in [-0.15, -0.1) is 0 Å². The van der Waals surface area contributed by atoms with E-state index in [-0.39, 0.29) is 0 Å². The van der Waals surface area contributed by atoms with Crippen molar-refractivity contribution < 1.29 is 24.8 Å². The molecule has 2 aromatic rings. The summed E-state index contributed by atoms with van der Waals surface area (Å²) < 4.78 is 0. The highest BCUT2D eigenvalue weighted by molar-refractivity contribution is 6.38. The lowest BCUT2D eigenvalue weighted by Gasteiger charge is -2.10. The Labute approximate surface area is 126 Å². The first-order valence-electron chi connectivity index (χ1n) is 6.22. The maximum atomic E-state index is 11.2. The average Bonchev–Trinajstić information content (AvgIpc) is 2.48. The second-order valence-electron chi connectivity index (χ2n) is 4.16. The van der Waals surface area contributed by atoms with Crippen LogP contribution in [-0.4, -0.2) is 21.8 Å². The molecule has 1 aromatic heterocycles. The number of hydrogen-bond acceptors (Lipinski definition) is 5. The number of nitrogens with one attached hydrogen (secondary N) is 1. The van der Waals surface area contributed by atoms with Crippen molar-refractivity contribution in [1.82, 2.24) is 4.98 Å². The van der Waals surface area contributed by atoms with Gasteiger partial charge in [-0.25, -0.2) is 9.78 Å². The van der Waals surface area contributed by atoms with Gasteiger partial charge >= 0.3 is 11.9 Å². The van der Waals surface area contributed by atoms with E-state index in [9.17, 15) is 14.7 Å². The third-order valence-electron chi connectivity index (χ3n) is 2.38. The van der Waals surface area contributed by atoms with Crippen molar-refractivity contribution in [3.8, 4) is 0 Å². The first-order chi connectivity index (χ1) is 10.4. The van der Waals surface area contributed by atoms with E-state index in [1.165, 1.54) is 12.1 Å². The van der Waals surface area contributed by atoms with Gasteiger partial charge in [-0.3, -0.25) is 10.5 Å². The van der Waals surface area contributed by atoms with Crippen molar-refractivity contribution in [3.05, 3.63) is 59.9 Å². The second-order valence-corrected chi connectivity index (χ2v) is 4.16. The van der Waals surface area contributed by atoms with Crippen molar-refractivity contribution in [2.75, 3.05) is 5.73 Å². The number of benzene rings is 1. The lowest BCUT2D eigenvalue weighted by atomic mass is 10.1. The smallest absolute Gasteiger partial charge is 0.387 e. The lowest BCUT2D eigenvalue weighted by Crippen LogP contribution is -2.13. The van der Waals surface area contributed by atoms with Crippen LogP contribution in [0.3, 0.4) is 0 Å². The number of aromatic nitrogens is 2. The molecule has 0 atom stereocenters. The molecular formula is C15H15N3O4. The highest BCUT2D eigenvalue weighted by Crippen LogP contribution is 2.06. The van der Waals surface area contributed by atoms with E-state index in [0.717, 1.165) is 5.69 Å². The number of nitrogen functional groups attached to an aromatic ring is 1. The minimum absolute atomic E-state index is 0.294. The summed E-state index contributed by atoms with van der Waals surface area (Å²) >= 11 is 0. The van der Waals surface area contributed by atoms with Gasteiger partial charge in [-0.05, 0) is 18.6 Å². The van der Waals surface area contributed by atoms with E-state index in [0.29, 0.717) is 17.6 Å². The Balaban J connectivity index is 0.000000255. The number of carboxylic acids is 1. The number of hydrogen-bond donors (Lipinski definition) is 2. The molecule has 1 aromatic carbocycles. The van der Waals surface area contributed by atoms with Gasteiger partial charge in [0.25, 0.3) is 5.78 Å². The third-order valence-corrected chi connectivity index (χ3v) is 2.38.